The average molecular weight is 240 g/mol. The Morgan fingerprint density at radius 1 is 1.47 bits per heavy atom. The summed E-state index contributed by atoms with van der Waals surface area (Å²) >= 11 is 7.53. The SMILES string of the molecule is Cc1occc1SCc1ccnc(Cl)c1. The third kappa shape index (κ3) is 2.76. The second-order valence-corrected chi connectivity index (χ2v) is 4.52. The van der Waals surface area contributed by atoms with Crippen LogP contribution in [0, 0.1) is 6.92 Å². The number of pyridine rings is 1. The molecule has 2 rings (SSSR count). The minimum absolute atomic E-state index is 0.539. The summed E-state index contributed by atoms with van der Waals surface area (Å²) in [4.78, 5) is 5.11. The van der Waals surface area contributed by atoms with Crippen LogP contribution < -0.4 is 0 Å². The molecule has 4 heteroatoms. The maximum absolute atomic E-state index is 5.80. The molecule has 78 valence electrons. The molecular weight excluding hydrogens is 230 g/mol. The van der Waals surface area contributed by atoms with Crippen LogP contribution in [0.4, 0.5) is 0 Å². The Morgan fingerprint density at radius 3 is 3.00 bits per heavy atom. The summed E-state index contributed by atoms with van der Waals surface area (Å²) in [6.45, 7) is 1.96. The highest BCUT2D eigenvalue weighted by molar-refractivity contribution is 7.98. The Balaban J connectivity index is 2.02. The second kappa shape index (κ2) is 4.73. The fraction of sp³-hybridized carbons (Fsp3) is 0.182. The lowest BCUT2D eigenvalue weighted by Gasteiger charge is -2.00. The normalized spacial score (nSPS) is 10.5. The Morgan fingerprint density at radius 2 is 2.33 bits per heavy atom. The van der Waals surface area contributed by atoms with Crippen molar-refractivity contribution in [1.82, 2.24) is 4.98 Å². The molecule has 0 saturated heterocycles. The van der Waals surface area contributed by atoms with Gasteiger partial charge in [-0.1, -0.05) is 11.6 Å². The molecule has 0 aliphatic heterocycles. The van der Waals surface area contributed by atoms with Crippen molar-refractivity contribution < 1.29 is 4.42 Å². The van der Waals surface area contributed by atoms with Crippen molar-refractivity contribution in [3.63, 3.8) is 0 Å². The first-order valence-electron chi connectivity index (χ1n) is 4.53. The van der Waals surface area contributed by atoms with Crippen LogP contribution in [-0.2, 0) is 5.75 Å². The number of halogens is 1. The molecule has 2 aromatic rings. The van der Waals surface area contributed by atoms with E-state index in [0.29, 0.717) is 5.15 Å². The quantitative estimate of drug-likeness (QED) is 0.600. The molecule has 2 heterocycles. The van der Waals surface area contributed by atoms with E-state index in [1.165, 1.54) is 10.5 Å². The van der Waals surface area contributed by atoms with E-state index < -0.39 is 0 Å². The lowest BCUT2D eigenvalue weighted by Crippen LogP contribution is -1.82. The summed E-state index contributed by atoms with van der Waals surface area (Å²) in [6.07, 6.45) is 3.43. The average Bonchev–Trinajstić information content (AvgIpc) is 2.61. The first kappa shape index (κ1) is 10.6. The van der Waals surface area contributed by atoms with Gasteiger partial charge in [-0.05, 0) is 30.7 Å². The van der Waals surface area contributed by atoms with Crippen molar-refractivity contribution in [3.05, 3.63) is 47.1 Å². The van der Waals surface area contributed by atoms with Gasteiger partial charge in [0.15, 0.2) is 0 Å². The molecular formula is C11H10ClNOS. The smallest absolute Gasteiger partial charge is 0.129 e. The van der Waals surface area contributed by atoms with E-state index in [0.717, 1.165) is 11.5 Å². The molecule has 0 bridgehead atoms. The number of thioether (sulfide) groups is 1. The Kier molecular flexibility index (Phi) is 3.34. The van der Waals surface area contributed by atoms with E-state index in [2.05, 4.69) is 4.98 Å². The van der Waals surface area contributed by atoms with Crippen molar-refractivity contribution in [3.8, 4) is 0 Å². The molecule has 2 aromatic heterocycles. The fourth-order valence-electron chi connectivity index (χ4n) is 1.22. The minimum atomic E-state index is 0.539. The van der Waals surface area contributed by atoms with Crippen LogP contribution in [0.2, 0.25) is 5.15 Å². The van der Waals surface area contributed by atoms with Crippen LogP contribution >= 0.6 is 23.4 Å². The summed E-state index contributed by atoms with van der Waals surface area (Å²) in [5, 5.41) is 0.539. The molecule has 0 aliphatic rings. The largest absolute Gasteiger partial charge is 0.468 e. The van der Waals surface area contributed by atoms with Gasteiger partial charge in [0, 0.05) is 16.8 Å². The van der Waals surface area contributed by atoms with Gasteiger partial charge in [0.05, 0.1) is 6.26 Å². The van der Waals surface area contributed by atoms with Crippen LogP contribution in [0.3, 0.4) is 0 Å². The van der Waals surface area contributed by atoms with E-state index in [1.807, 2.05) is 25.1 Å². The van der Waals surface area contributed by atoms with Crippen molar-refractivity contribution in [2.45, 2.75) is 17.6 Å². The molecule has 0 N–H and O–H groups in total. The van der Waals surface area contributed by atoms with Gasteiger partial charge in [-0.2, -0.15) is 0 Å². The highest BCUT2D eigenvalue weighted by atomic mass is 35.5. The molecule has 0 unspecified atom stereocenters. The molecule has 15 heavy (non-hydrogen) atoms. The maximum Gasteiger partial charge on any atom is 0.129 e. The molecule has 0 radical (unpaired) electrons. The van der Waals surface area contributed by atoms with E-state index >= 15 is 0 Å². The lowest BCUT2D eigenvalue weighted by atomic mass is 10.3. The number of hydrogen-bond donors (Lipinski definition) is 0. The minimum Gasteiger partial charge on any atom is -0.468 e. The van der Waals surface area contributed by atoms with E-state index in [9.17, 15) is 0 Å². The highest BCUT2D eigenvalue weighted by Crippen LogP contribution is 2.26. The number of furan rings is 1. The maximum atomic E-state index is 5.80. The first-order valence-corrected chi connectivity index (χ1v) is 5.89. The second-order valence-electron chi connectivity index (χ2n) is 3.12. The highest BCUT2D eigenvalue weighted by Gasteiger charge is 2.02. The summed E-state index contributed by atoms with van der Waals surface area (Å²) in [6, 6.07) is 5.82. The third-order valence-electron chi connectivity index (χ3n) is 2.00. The predicted octanol–water partition coefficient (Wildman–Crippen LogP) is 3.93. The standard InChI is InChI=1S/C11H10ClNOS/c1-8-10(3-5-14-8)15-7-9-2-4-13-11(12)6-9/h2-6H,7H2,1H3. The van der Waals surface area contributed by atoms with E-state index in [-0.39, 0.29) is 0 Å². The van der Waals surface area contributed by atoms with Crippen molar-refractivity contribution in [1.29, 1.82) is 0 Å². The number of hydrogen-bond acceptors (Lipinski definition) is 3. The zero-order valence-corrected chi connectivity index (χ0v) is 9.81. The fourth-order valence-corrected chi connectivity index (χ4v) is 2.32. The van der Waals surface area contributed by atoms with Gasteiger partial charge >= 0.3 is 0 Å². The van der Waals surface area contributed by atoms with Crippen LogP contribution in [0.5, 0.6) is 0 Å². The van der Waals surface area contributed by atoms with Gasteiger partial charge in [0.25, 0.3) is 0 Å². The van der Waals surface area contributed by atoms with E-state index in [4.69, 9.17) is 16.0 Å². The Labute approximate surface area is 97.7 Å². The number of aromatic nitrogens is 1. The predicted molar refractivity (Wildman–Crippen MR) is 62.3 cm³/mol. The van der Waals surface area contributed by atoms with Gasteiger partial charge < -0.3 is 4.42 Å². The molecule has 0 atom stereocenters. The molecule has 0 saturated carbocycles. The number of rotatable bonds is 3. The molecule has 0 fully saturated rings. The molecule has 0 aromatic carbocycles. The molecule has 0 spiro atoms. The Hall–Kier alpha value is -0.930. The monoisotopic (exact) mass is 239 g/mol. The van der Waals surface area contributed by atoms with Crippen LogP contribution in [0.15, 0.2) is 40.0 Å². The van der Waals surface area contributed by atoms with Crippen LogP contribution in [0.1, 0.15) is 11.3 Å². The third-order valence-corrected chi connectivity index (χ3v) is 3.42. The molecule has 0 amide bonds. The van der Waals surface area contributed by atoms with Gasteiger partial charge in [0.1, 0.15) is 10.9 Å². The summed E-state index contributed by atoms with van der Waals surface area (Å²) in [7, 11) is 0. The van der Waals surface area contributed by atoms with Gasteiger partial charge in [-0.15, -0.1) is 11.8 Å². The topological polar surface area (TPSA) is 26.0 Å². The summed E-state index contributed by atoms with van der Waals surface area (Å²) < 4.78 is 5.22. The number of aryl methyl sites for hydroxylation is 1. The number of nitrogens with zero attached hydrogens (tertiary/aromatic N) is 1. The van der Waals surface area contributed by atoms with Gasteiger partial charge in [-0.3, -0.25) is 0 Å². The van der Waals surface area contributed by atoms with E-state index in [1.54, 1.807) is 24.2 Å². The van der Waals surface area contributed by atoms with Crippen LogP contribution in [-0.4, -0.2) is 4.98 Å². The summed E-state index contributed by atoms with van der Waals surface area (Å²) in [5.41, 5.74) is 1.17. The van der Waals surface area contributed by atoms with Crippen molar-refractivity contribution >= 4 is 23.4 Å². The van der Waals surface area contributed by atoms with Gasteiger partial charge in [-0.25, -0.2) is 4.98 Å². The zero-order chi connectivity index (χ0) is 10.7. The zero-order valence-electron chi connectivity index (χ0n) is 8.24. The molecule has 2 nitrogen and oxygen atoms in total. The van der Waals surface area contributed by atoms with Gasteiger partial charge in [0.2, 0.25) is 0 Å². The van der Waals surface area contributed by atoms with Crippen LogP contribution in [0.25, 0.3) is 0 Å². The van der Waals surface area contributed by atoms with Crippen molar-refractivity contribution in [2.24, 2.45) is 0 Å². The Bertz CT molecular complexity index is 455. The first-order chi connectivity index (χ1) is 7.25. The summed E-state index contributed by atoms with van der Waals surface area (Å²) in [5.74, 6) is 1.84. The molecule has 0 aliphatic carbocycles. The van der Waals surface area contributed by atoms with Crippen molar-refractivity contribution in [2.75, 3.05) is 0 Å². The lowest BCUT2D eigenvalue weighted by molar-refractivity contribution is 0.527.